The van der Waals surface area contributed by atoms with Gasteiger partial charge in [-0.15, -0.1) is 0 Å². The molecule has 3 aromatic rings. The van der Waals surface area contributed by atoms with Crippen LogP contribution < -0.4 is 4.74 Å². The predicted octanol–water partition coefficient (Wildman–Crippen LogP) is 4.75. The van der Waals surface area contributed by atoms with Gasteiger partial charge in [0.2, 0.25) is 5.78 Å². The van der Waals surface area contributed by atoms with Crippen LogP contribution in [-0.4, -0.2) is 16.9 Å². The van der Waals surface area contributed by atoms with Crippen LogP contribution in [-0.2, 0) is 6.61 Å². The highest BCUT2D eigenvalue weighted by atomic mass is 16.5. The molecule has 0 radical (unpaired) electrons. The zero-order valence-electron chi connectivity index (χ0n) is 15.4. The number of carboxylic acid groups (broad SMARTS) is 1. The van der Waals surface area contributed by atoms with Gasteiger partial charge >= 0.3 is 5.97 Å². The summed E-state index contributed by atoms with van der Waals surface area (Å²) >= 11 is 0. The fraction of sp³-hybridized carbons (Fsp3) is 0.0417. The van der Waals surface area contributed by atoms with Crippen molar-refractivity contribution in [1.29, 1.82) is 5.26 Å². The number of ketones is 1. The van der Waals surface area contributed by atoms with E-state index in [4.69, 9.17) is 9.84 Å². The standard InChI is InChI=1S/C24H17NO4/c25-15-21(23(26)19-4-2-1-3-5-19)14-17-8-12-22(13-9-17)29-16-18-6-10-20(11-7-18)24(27)28/h1-14H,16H2,(H,27,28)/b21-14+. The highest BCUT2D eigenvalue weighted by molar-refractivity contribution is 6.14. The summed E-state index contributed by atoms with van der Waals surface area (Å²) in [7, 11) is 0. The molecule has 0 fully saturated rings. The van der Waals surface area contributed by atoms with E-state index in [0.717, 1.165) is 5.56 Å². The summed E-state index contributed by atoms with van der Waals surface area (Å²) in [5, 5.41) is 18.2. The van der Waals surface area contributed by atoms with Crippen LogP contribution in [0.2, 0.25) is 0 Å². The van der Waals surface area contributed by atoms with Crippen LogP contribution in [0.25, 0.3) is 6.08 Å². The minimum atomic E-state index is -0.969. The molecule has 3 rings (SSSR count). The van der Waals surface area contributed by atoms with E-state index in [9.17, 15) is 14.9 Å². The smallest absolute Gasteiger partial charge is 0.335 e. The number of benzene rings is 3. The maximum absolute atomic E-state index is 12.4. The Hall–Kier alpha value is -4.17. The number of carbonyl (C=O) groups excluding carboxylic acids is 1. The zero-order chi connectivity index (χ0) is 20.6. The summed E-state index contributed by atoms with van der Waals surface area (Å²) in [6.07, 6.45) is 1.55. The molecule has 0 amide bonds. The number of hydrogen-bond acceptors (Lipinski definition) is 4. The van der Waals surface area contributed by atoms with Gasteiger partial charge in [0, 0.05) is 5.56 Å². The molecule has 0 aromatic heterocycles. The minimum absolute atomic E-state index is 0.0587. The second kappa shape index (κ2) is 9.16. The Morgan fingerprint density at radius 1 is 0.897 bits per heavy atom. The van der Waals surface area contributed by atoms with E-state index >= 15 is 0 Å². The number of carboxylic acids is 1. The summed E-state index contributed by atoms with van der Waals surface area (Å²) in [5.41, 5.74) is 2.31. The van der Waals surface area contributed by atoms with E-state index in [0.29, 0.717) is 23.5 Å². The molecule has 5 heteroatoms. The Morgan fingerprint density at radius 3 is 2.14 bits per heavy atom. The number of Topliss-reactive ketones (excluding diaryl/α,β-unsaturated/α-hetero) is 1. The molecule has 0 spiro atoms. The van der Waals surface area contributed by atoms with Crippen LogP contribution in [0.3, 0.4) is 0 Å². The molecule has 1 N–H and O–H groups in total. The SMILES string of the molecule is N#C/C(=C\c1ccc(OCc2ccc(C(=O)O)cc2)cc1)C(=O)c1ccccc1. The fourth-order valence-corrected chi connectivity index (χ4v) is 2.63. The van der Waals surface area contributed by atoms with Crippen LogP contribution in [0.15, 0.2) is 84.4 Å². The molecule has 0 atom stereocenters. The first-order chi connectivity index (χ1) is 14.1. The van der Waals surface area contributed by atoms with Crippen LogP contribution in [0.4, 0.5) is 0 Å². The van der Waals surface area contributed by atoms with Crippen molar-refractivity contribution in [3.63, 3.8) is 0 Å². The molecule has 3 aromatic carbocycles. The van der Waals surface area contributed by atoms with Gasteiger partial charge in [-0.2, -0.15) is 5.26 Å². The summed E-state index contributed by atoms with van der Waals surface area (Å²) in [6.45, 7) is 0.297. The Bertz CT molecular complexity index is 1080. The van der Waals surface area contributed by atoms with Gasteiger partial charge in [0.25, 0.3) is 0 Å². The predicted molar refractivity (Wildman–Crippen MR) is 109 cm³/mol. The van der Waals surface area contributed by atoms with Gasteiger partial charge < -0.3 is 9.84 Å². The number of carbonyl (C=O) groups is 2. The van der Waals surface area contributed by atoms with Gasteiger partial charge in [-0.3, -0.25) is 4.79 Å². The second-order valence-corrected chi connectivity index (χ2v) is 6.22. The monoisotopic (exact) mass is 383 g/mol. The first kappa shape index (κ1) is 19.6. The first-order valence-electron chi connectivity index (χ1n) is 8.83. The van der Waals surface area contributed by atoms with Crippen molar-refractivity contribution < 1.29 is 19.4 Å². The van der Waals surface area contributed by atoms with Crippen molar-refractivity contribution in [2.24, 2.45) is 0 Å². The van der Waals surface area contributed by atoms with E-state index in [1.165, 1.54) is 12.1 Å². The summed E-state index contributed by atoms with van der Waals surface area (Å²) < 4.78 is 5.70. The molecule has 0 heterocycles. The van der Waals surface area contributed by atoms with Crippen molar-refractivity contribution >= 4 is 17.8 Å². The minimum Gasteiger partial charge on any atom is -0.489 e. The highest BCUT2D eigenvalue weighted by Gasteiger charge is 2.11. The number of ether oxygens (including phenoxy) is 1. The van der Waals surface area contributed by atoms with E-state index < -0.39 is 5.97 Å². The van der Waals surface area contributed by atoms with E-state index in [1.54, 1.807) is 66.7 Å². The number of nitriles is 1. The van der Waals surface area contributed by atoms with E-state index in [-0.39, 0.29) is 16.9 Å². The van der Waals surface area contributed by atoms with Crippen LogP contribution in [0, 0.1) is 11.3 Å². The lowest BCUT2D eigenvalue weighted by molar-refractivity contribution is 0.0696. The quantitative estimate of drug-likeness (QED) is 0.361. The Balaban J connectivity index is 1.66. The summed E-state index contributed by atoms with van der Waals surface area (Å²) in [6, 6.07) is 24.1. The van der Waals surface area contributed by atoms with E-state index in [1.807, 2.05) is 12.1 Å². The molecule has 0 aliphatic heterocycles. The average Bonchev–Trinajstić information content (AvgIpc) is 2.77. The van der Waals surface area contributed by atoms with Gasteiger partial charge in [0.1, 0.15) is 24.0 Å². The second-order valence-electron chi connectivity index (χ2n) is 6.22. The molecule has 0 unspecified atom stereocenters. The third-order valence-corrected chi connectivity index (χ3v) is 4.20. The number of rotatable bonds is 7. The van der Waals surface area contributed by atoms with Crippen molar-refractivity contribution in [3.05, 3.63) is 107 Å². The lowest BCUT2D eigenvalue weighted by Gasteiger charge is -2.07. The van der Waals surface area contributed by atoms with Gasteiger partial charge in [0.05, 0.1) is 5.56 Å². The third kappa shape index (κ3) is 5.18. The van der Waals surface area contributed by atoms with Crippen LogP contribution in [0.1, 0.15) is 31.8 Å². The van der Waals surface area contributed by atoms with Gasteiger partial charge in [-0.05, 0) is 41.5 Å². The molecule has 0 saturated carbocycles. The molecule has 29 heavy (non-hydrogen) atoms. The normalized spacial score (nSPS) is 10.8. The molecule has 142 valence electrons. The average molecular weight is 383 g/mol. The summed E-state index contributed by atoms with van der Waals surface area (Å²) in [5.74, 6) is -0.667. The Labute approximate surface area is 168 Å². The maximum atomic E-state index is 12.4. The van der Waals surface area contributed by atoms with Gasteiger partial charge in [-0.1, -0.05) is 54.6 Å². The topological polar surface area (TPSA) is 87.4 Å². The molecule has 5 nitrogen and oxygen atoms in total. The Morgan fingerprint density at radius 2 is 1.55 bits per heavy atom. The summed E-state index contributed by atoms with van der Waals surface area (Å²) in [4.78, 5) is 23.3. The van der Waals surface area contributed by atoms with Crippen LogP contribution >= 0.6 is 0 Å². The number of allylic oxidation sites excluding steroid dienone is 1. The molecule has 0 aliphatic rings. The van der Waals surface area contributed by atoms with Crippen molar-refractivity contribution in [1.82, 2.24) is 0 Å². The molecule has 0 saturated heterocycles. The molecular formula is C24H17NO4. The first-order valence-corrected chi connectivity index (χ1v) is 8.83. The van der Waals surface area contributed by atoms with Crippen LogP contribution in [0.5, 0.6) is 5.75 Å². The highest BCUT2D eigenvalue weighted by Crippen LogP contribution is 2.18. The largest absolute Gasteiger partial charge is 0.489 e. The molecule has 0 aliphatic carbocycles. The van der Waals surface area contributed by atoms with Crippen molar-refractivity contribution in [3.8, 4) is 11.8 Å². The fourth-order valence-electron chi connectivity index (χ4n) is 2.63. The van der Waals surface area contributed by atoms with Crippen molar-refractivity contribution in [2.45, 2.75) is 6.61 Å². The number of hydrogen-bond donors (Lipinski definition) is 1. The zero-order valence-corrected chi connectivity index (χ0v) is 15.4. The van der Waals surface area contributed by atoms with E-state index in [2.05, 4.69) is 0 Å². The third-order valence-electron chi connectivity index (χ3n) is 4.20. The van der Waals surface area contributed by atoms with Crippen molar-refractivity contribution in [2.75, 3.05) is 0 Å². The van der Waals surface area contributed by atoms with Gasteiger partial charge in [0.15, 0.2) is 0 Å². The maximum Gasteiger partial charge on any atom is 0.335 e. The lowest BCUT2D eigenvalue weighted by atomic mass is 10.0. The number of nitrogens with zero attached hydrogens (tertiary/aromatic N) is 1. The molecule has 0 bridgehead atoms. The van der Waals surface area contributed by atoms with Gasteiger partial charge in [-0.25, -0.2) is 4.79 Å². The molecular weight excluding hydrogens is 366 g/mol. The lowest BCUT2D eigenvalue weighted by Crippen LogP contribution is -2.01. The Kier molecular flexibility index (Phi) is 6.18. The number of aromatic carboxylic acids is 1.